The van der Waals surface area contributed by atoms with Crippen molar-refractivity contribution in [1.29, 1.82) is 0 Å². The van der Waals surface area contributed by atoms with Gasteiger partial charge in [0, 0.05) is 0 Å². The van der Waals surface area contributed by atoms with E-state index in [1.807, 2.05) is 0 Å². The Hall–Kier alpha value is 1.78. The Kier molecular flexibility index (Phi) is 13.7. The monoisotopic (exact) mass is 340 g/mol. The molecule has 0 N–H and O–H groups in total. The van der Waals surface area contributed by atoms with Gasteiger partial charge in [-0.05, 0) is 6.42 Å². The van der Waals surface area contributed by atoms with Gasteiger partial charge in [-0.3, -0.25) is 0 Å². The quantitative estimate of drug-likeness (QED) is 0.429. The van der Waals surface area contributed by atoms with Crippen LogP contribution < -0.4 is 0 Å². The van der Waals surface area contributed by atoms with E-state index in [9.17, 15) is 0 Å². The Balaban J connectivity index is 3.30. The fraction of sp³-hybridized carbons (Fsp3) is 1.00. The van der Waals surface area contributed by atoms with Crippen molar-refractivity contribution in [2.75, 3.05) is 13.2 Å². The van der Waals surface area contributed by atoms with Crippen LogP contribution in [0.1, 0.15) is 6.42 Å². The molecular formula is C3H6Cl4O6P2. The first-order valence-electron chi connectivity index (χ1n) is 3.29. The minimum atomic E-state index is -1.73. The second-order valence-corrected chi connectivity index (χ2v) is 5.36. The van der Waals surface area contributed by atoms with Crippen LogP contribution in [-0.4, -0.2) is 13.2 Å². The minimum absolute atomic E-state index is 0.263. The van der Waals surface area contributed by atoms with Crippen LogP contribution in [0.2, 0.25) is 0 Å². The molecule has 0 heterocycles. The van der Waals surface area contributed by atoms with Gasteiger partial charge in [0.25, 0.3) is 0 Å². The molecule has 0 fully saturated rings. The fourth-order valence-electron chi connectivity index (χ4n) is 0.438. The Morgan fingerprint density at radius 3 is 1.27 bits per heavy atom. The van der Waals surface area contributed by atoms with Crippen LogP contribution in [0.4, 0.5) is 0 Å². The highest BCUT2D eigenvalue weighted by molar-refractivity contribution is 7.44. The third-order valence-corrected chi connectivity index (χ3v) is 3.50. The predicted octanol–water partition coefficient (Wildman–Crippen LogP) is 4.55. The second kappa shape index (κ2) is 12.2. The van der Waals surface area contributed by atoms with Crippen LogP contribution >= 0.6 is 64.7 Å². The van der Waals surface area contributed by atoms with Gasteiger partial charge in [-0.15, -0.1) is 0 Å². The topological polar surface area (TPSA) is 55.4 Å². The average Bonchev–Trinajstić information content (AvgIpc) is 2.29. The van der Waals surface area contributed by atoms with E-state index >= 15 is 0 Å². The van der Waals surface area contributed by atoms with Gasteiger partial charge in [-0.2, -0.15) is 16.3 Å². The van der Waals surface area contributed by atoms with Gasteiger partial charge in [0.15, 0.2) is 0 Å². The first-order valence-corrected chi connectivity index (χ1v) is 6.72. The number of rotatable bonds is 10. The summed E-state index contributed by atoms with van der Waals surface area (Å²) in [5.74, 6) is 0. The van der Waals surface area contributed by atoms with Gasteiger partial charge in [0.1, 0.15) is 0 Å². The van der Waals surface area contributed by atoms with Crippen molar-refractivity contribution in [3.05, 3.63) is 0 Å². The third-order valence-electron chi connectivity index (χ3n) is 0.907. The van der Waals surface area contributed by atoms with Gasteiger partial charge in [-0.25, -0.2) is 0 Å². The molecule has 0 bridgehead atoms. The Morgan fingerprint density at radius 2 is 1.00 bits per heavy atom. The van der Waals surface area contributed by atoms with Crippen molar-refractivity contribution in [2.24, 2.45) is 0 Å². The molecule has 0 aliphatic heterocycles. The van der Waals surface area contributed by atoms with Gasteiger partial charge in [0.05, 0.1) is 60.7 Å². The SMILES string of the molecule is ClOP(OCl)OCCCOP(OCl)OCl. The summed E-state index contributed by atoms with van der Waals surface area (Å²) >= 11 is 19.9. The minimum Gasteiger partial charge on any atom is -0.310 e. The lowest BCUT2D eigenvalue weighted by Crippen LogP contribution is -1.96. The highest BCUT2D eigenvalue weighted by Crippen LogP contribution is 2.43. The molecule has 0 unspecified atom stereocenters. The summed E-state index contributed by atoms with van der Waals surface area (Å²) in [4.78, 5) is 0. The fourth-order valence-corrected chi connectivity index (χ4v) is 2.19. The molecule has 0 rings (SSSR count). The summed E-state index contributed by atoms with van der Waals surface area (Å²) < 4.78 is 26.7. The van der Waals surface area contributed by atoms with E-state index in [0.717, 1.165) is 0 Å². The van der Waals surface area contributed by atoms with Crippen LogP contribution in [0.5, 0.6) is 0 Å². The van der Waals surface area contributed by atoms with Crippen molar-refractivity contribution in [3.63, 3.8) is 0 Å². The van der Waals surface area contributed by atoms with Gasteiger partial charge in [0.2, 0.25) is 0 Å². The Bertz CT molecular complexity index is 124. The molecule has 0 spiro atoms. The molecular weight excluding hydrogens is 336 g/mol. The standard InChI is InChI=1S/C3H6Cl4O6P2/c4-10-14(11-5)8-2-1-3-9-15(12-6)13-7/h1-3H2. The second-order valence-electron chi connectivity index (χ2n) is 1.74. The molecule has 92 valence electrons. The molecule has 0 aliphatic carbocycles. The van der Waals surface area contributed by atoms with Gasteiger partial charge in [-0.1, -0.05) is 0 Å². The van der Waals surface area contributed by atoms with E-state index in [-0.39, 0.29) is 13.2 Å². The van der Waals surface area contributed by atoms with E-state index in [1.165, 1.54) is 0 Å². The molecule has 0 saturated carbocycles. The van der Waals surface area contributed by atoms with Crippen LogP contribution in [-0.2, 0) is 25.4 Å². The van der Waals surface area contributed by atoms with E-state index in [4.69, 9.17) is 56.5 Å². The van der Waals surface area contributed by atoms with Gasteiger partial charge < -0.3 is 9.05 Å². The van der Waals surface area contributed by atoms with E-state index in [1.54, 1.807) is 0 Å². The molecule has 0 aromatic heterocycles. The summed E-state index contributed by atoms with van der Waals surface area (Å²) in [6.45, 7) is 0.526. The first-order chi connectivity index (χ1) is 7.28. The largest absolute Gasteiger partial charge is 0.368 e. The normalized spacial score (nSPS) is 11.6. The summed E-state index contributed by atoms with van der Waals surface area (Å²) in [5.41, 5.74) is 0. The molecule has 0 aromatic carbocycles. The molecule has 0 aliphatic rings. The maximum absolute atomic E-state index is 4.97. The van der Waals surface area contributed by atoms with Crippen molar-refractivity contribution in [1.82, 2.24) is 0 Å². The maximum Gasteiger partial charge on any atom is 0.368 e. The summed E-state index contributed by atoms with van der Waals surface area (Å²) in [7, 11) is -3.46. The molecule has 15 heavy (non-hydrogen) atoms. The number of halogens is 4. The van der Waals surface area contributed by atoms with Crippen LogP contribution in [0.15, 0.2) is 0 Å². The first kappa shape index (κ1) is 16.8. The average molecular weight is 342 g/mol. The number of hydrogen-bond acceptors (Lipinski definition) is 6. The summed E-state index contributed by atoms with van der Waals surface area (Å²) in [5, 5.41) is 0. The van der Waals surface area contributed by atoms with E-state index in [2.05, 4.69) is 16.3 Å². The van der Waals surface area contributed by atoms with Crippen molar-refractivity contribution in [2.45, 2.75) is 6.42 Å². The van der Waals surface area contributed by atoms with Crippen molar-refractivity contribution in [3.8, 4) is 0 Å². The molecule has 12 heteroatoms. The molecule has 0 saturated heterocycles. The summed E-state index contributed by atoms with van der Waals surface area (Å²) in [6.07, 6.45) is 0.499. The third kappa shape index (κ3) is 9.48. The van der Waals surface area contributed by atoms with Crippen LogP contribution in [0.25, 0.3) is 0 Å². The lowest BCUT2D eigenvalue weighted by atomic mass is 10.5. The molecule has 6 nitrogen and oxygen atoms in total. The molecule has 0 radical (unpaired) electrons. The van der Waals surface area contributed by atoms with Crippen molar-refractivity contribution < 1.29 is 25.4 Å². The maximum atomic E-state index is 4.97. The summed E-state index contributed by atoms with van der Waals surface area (Å²) in [6, 6.07) is 0. The van der Waals surface area contributed by atoms with Crippen molar-refractivity contribution >= 4 is 64.7 Å². The molecule has 0 amide bonds. The molecule has 0 aromatic rings. The Morgan fingerprint density at radius 1 is 0.667 bits per heavy atom. The highest BCUT2D eigenvalue weighted by atomic mass is 35.5. The van der Waals surface area contributed by atoms with E-state index < -0.39 is 17.2 Å². The number of hydrogen-bond donors (Lipinski definition) is 0. The van der Waals surface area contributed by atoms with Gasteiger partial charge >= 0.3 is 17.2 Å². The van der Waals surface area contributed by atoms with Crippen LogP contribution in [0, 0.1) is 0 Å². The lowest BCUT2D eigenvalue weighted by molar-refractivity contribution is 0.220. The Labute approximate surface area is 110 Å². The zero-order valence-corrected chi connectivity index (χ0v) is 11.8. The lowest BCUT2D eigenvalue weighted by Gasteiger charge is -2.09. The zero-order chi connectivity index (χ0) is 11.5. The predicted molar refractivity (Wildman–Crippen MR) is 58.1 cm³/mol. The smallest absolute Gasteiger partial charge is 0.310 e. The van der Waals surface area contributed by atoms with E-state index in [0.29, 0.717) is 6.42 Å². The van der Waals surface area contributed by atoms with Crippen LogP contribution in [0.3, 0.4) is 0 Å². The molecule has 0 atom stereocenters. The zero-order valence-electron chi connectivity index (χ0n) is 6.98. The highest BCUT2D eigenvalue weighted by Gasteiger charge is 2.13.